The van der Waals surface area contributed by atoms with Gasteiger partial charge in [0.15, 0.2) is 0 Å². The Kier molecular flexibility index (Phi) is 4.54. The lowest BCUT2D eigenvalue weighted by molar-refractivity contribution is 0.456. The van der Waals surface area contributed by atoms with Crippen LogP contribution < -0.4 is 5.09 Å². The summed E-state index contributed by atoms with van der Waals surface area (Å²) in [7, 11) is -3.13. The van der Waals surface area contributed by atoms with Crippen LogP contribution in [0, 0.1) is 0 Å². The summed E-state index contributed by atoms with van der Waals surface area (Å²) in [6, 6.07) is 0.0269. The van der Waals surface area contributed by atoms with Crippen LogP contribution in [-0.2, 0) is 4.57 Å². The van der Waals surface area contributed by atoms with Crippen molar-refractivity contribution < 1.29 is 9.46 Å². The van der Waals surface area contributed by atoms with Crippen LogP contribution in [0.25, 0.3) is 0 Å². The number of alkyl halides is 1. The zero-order chi connectivity index (χ0) is 8.20. The molecular weight excluding hydrogens is 172 g/mol. The Hall–Kier alpha value is 0.440. The molecule has 62 valence electrons. The minimum Gasteiger partial charge on any atom is -0.333 e. The average Bonchev–Trinajstić information content (AvgIpc) is 1.59. The minimum atomic E-state index is -3.13. The lowest BCUT2D eigenvalue weighted by atomic mass is 10.4. The van der Waals surface area contributed by atoms with Gasteiger partial charge in [0.05, 0.1) is 6.16 Å². The molecule has 0 rings (SSSR count). The molecule has 2 N–H and O–H groups in total. The molecule has 0 radical (unpaired) electrons. The highest BCUT2D eigenvalue weighted by Crippen LogP contribution is 2.35. The van der Waals surface area contributed by atoms with Gasteiger partial charge in [0.1, 0.15) is 0 Å². The molecule has 0 aromatic rings. The second kappa shape index (κ2) is 4.35. The molecule has 1 unspecified atom stereocenters. The van der Waals surface area contributed by atoms with Crippen LogP contribution in [0.5, 0.6) is 0 Å². The number of hydrogen-bond acceptors (Lipinski definition) is 1. The van der Waals surface area contributed by atoms with Crippen LogP contribution >= 0.6 is 19.1 Å². The molecule has 0 saturated carbocycles. The molecule has 0 aliphatic carbocycles. The highest BCUT2D eigenvalue weighted by Gasteiger charge is 2.16. The third-order valence-corrected chi connectivity index (χ3v) is 3.05. The van der Waals surface area contributed by atoms with Gasteiger partial charge in [-0.25, -0.2) is 5.09 Å². The van der Waals surface area contributed by atoms with Gasteiger partial charge in [0, 0.05) is 11.9 Å². The first kappa shape index (κ1) is 10.4. The van der Waals surface area contributed by atoms with Gasteiger partial charge in [-0.15, -0.1) is 11.6 Å². The molecule has 0 heterocycles. The number of hydrogen-bond donors (Lipinski definition) is 2. The topological polar surface area (TPSA) is 49.3 Å². The maximum absolute atomic E-state index is 11.0. The summed E-state index contributed by atoms with van der Waals surface area (Å²) in [6.45, 7) is 3.63. The van der Waals surface area contributed by atoms with E-state index in [-0.39, 0.29) is 18.1 Å². The van der Waals surface area contributed by atoms with E-state index in [9.17, 15) is 4.57 Å². The van der Waals surface area contributed by atoms with Crippen LogP contribution in [0.1, 0.15) is 13.8 Å². The Morgan fingerprint density at radius 3 is 2.50 bits per heavy atom. The van der Waals surface area contributed by atoms with Gasteiger partial charge in [0.25, 0.3) is 7.52 Å². The highest BCUT2D eigenvalue weighted by atomic mass is 35.5. The molecule has 1 atom stereocenters. The van der Waals surface area contributed by atoms with Crippen molar-refractivity contribution in [1.82, 2.24) is 5.09 Å². The SMILES string of the molecule is CC(C)NP(=O)(O)CCCl. The lowest BCUT2D eigenvalue weighted by Gasteiger charge is -2.13. The fourth-order valence-electron chi connectivity index (χ4n) is 0.583. The lowest BCUT2D eigenvalue weighted by Crippen LogP contribution is -2.21. The molecular formula is C5H13ClNO2P. The van der Waals surface area contributed by atoms with Crippen molar-refractivity contribution in [2.24, 2.45) is 0 Å². The average molecular weight is 186 g/mol. The number of nitrogens with one attached hydrogen (secondary N) is 1. The second-order valence-electron chi connectivity index (χ2n) is 2.40. The van der Waals surface area contributed by atoms with Crippen molar-refractivity contribution in [2.75, 3.05) is 12.0 Å². The normalized spacial score (nSPS) is 17.3. The fourth-order valence-corrected chi connectivity index (χ4v) is 2.44. The molecule has 0 amide bonds. The second-order valence-corrected chi connectivity index (χ2v) is 4.88. The number of halogens is 1. The van der Waals surface area contributed by atoms with Crippen molar-refractivity contribution >= 4 is 19.1 Å². The Morgan fingerprint density at radius 2 is 2.20 bits per heavy atom. The Morgan fingerprint density at radius 1 is 1.70 bits per heavy atom. The van der Waals surface area contributed by atoms with E-state index in [0.717, 1.165) is 0 Å². The Bertz CT molecular complexity index is 140. The first-order valence-electron chi connectivity index (χ1n) is 3.13. The third kappa shape index (κ3) is 5.24. The quantitative estimate of drug-likeness (QED) is 0.514. The van der Waals surface area contributed by atoms with Crippen molar-refractivity contribution in [3.05, 3.63) is 0 Å². The summed E-state index contributed by atoms with van der Waals surface area (Å²) >= 11 is 5.30. The smallest absolute Gasteiger partial charge is 0.268 e. The molecule has 3 nitrogen and oxygen atoms in total. The molecule has 0 aromatic carbocycles. The van der Waals surface area contributed by atoms with Gasteiger partial charge < -0.3 is 4.89 Å². The van der Waals surface area contributed by atoms with Crippen LogP contribution in [0.4, 0.5) is 0 Å². The van der Waals surface area contributed by atoms with Gasteiger partial charge in [-0.05, 0) is 13.8 Å². The van der Waals surface area contributed by atoms with Gasteiger partial charge in [-0.3, -0.25) is 4.57 Å². The van der Waals surface area contributed by atoms with E-state index in [1.54, 1.807) is 0 Å². The van der Waals surface area contributed by atoms with Crippen molar-refractivity contribution in [1.29, 1.82) is 0 Å². The van der Waals surface area contributed by atoms with Crippen LogP contribution in [0.15, 0.2) is 0 Å². The van der Waals surface area contributed by atoms with Gasteiger partial charge in [-0.2, -0.15) is 0 Å². The maximum atomic E-state index is 11.0. The van der Waals surface area contributed by atoms with Crippen LogP contribution in [-0.4, -0.2) is 23.0 Å². The summed E-state index contributed by atoms with van der Waals surface area (Å²) < 4.78 is 11.0. The van der Waals surface area contributed by atoms with Crippen molar-refractivity contribution in [3.8, 4) is 0 Å². The molecule has 0 fully saturated rings. The van der Waals surface area contributed by atoms with Crippen molar-refractivity contribution in [2.45, 2.75) is 19.9 Å². The molecule has 0 spiro atoms. The van der Waals surface area contributed by atoms with E-state index in [0.29, 0.717) is 0 Å². The van der Waals surface area contributed by atoms with Gasteiger partial charge >= 0.3 is 0 Å². The monoisotopic (exact) mass is 185 g/mol. The Balaban J connectivity index is 3.75. The molecule has 0 aliphatic rings. The van der Waals surface area contributed by atoms with Crippen LogP contribution in [0.2, 0.25) is 0 Å². The zero-order valence-electron chi connectivity index (χ0n) is 6.17. The first-order valence-corrected chi connectivity index (χ1v) is 5.51. The summed E-state index contributed by atoms with van der Waals surface area (Å²) in [4.78, 5) is 9.04. The molecule has 0 aliphatic heterocycles. The predicted molar refractivity (Wildman–Crippen MR) is 43.7 cm³/mol. The maximum Gasteiger partial charge on any atom is 0.268 e. The summed E-state index contributed by atoms with van der Waals surface area (Å²) in [5.41, 5.74) is 0. The van der Waals surface area contributed by atoms with E-state index in [4.69, 9.17) is 16.5 Å². The first-order chi connectivity index (χ1) is 4.48. The Labute approximate surface area is 66.3 Å². The standard InChI is InChI=1S/C5H13ClNO2P/c1-5(2)7-10(8,9)4-3-6/h5H,3-4H2,1-2H3,(H2,7,8,9). The predicted octanol–water partition coefficient (Wildman–Crippen LogP) is 1.41. The summed E-state index contributed by atoms with van der Waals surface area (Å²) in [6.07, 6.45) is 0.132. The van der Waals surface area contributed by atoms with E-state index >= 15 is 0 Å². The third-order valence-electron chi connectivity index (χ3n) is 0.848. The van der Waals surface area contributed by atoms with Crippen LogP contribution in [0.3, 0.4) is 0 Å². The largest absolute Gasteiger partial charge is 0.333 e. The molecule has 0 aromatic heterocycles. The number of rotatable bonds is 4. The summed E-state index contributed by atoms with van der Waals surface area (Å²) in [5.74, 6) is 0.216. The van der Waals surface area contributed by atoms with E-state index in [2.05, 4.69) is 5.09 Å². The van der Waals surface area contributed by atoms with E-state index in [1.807, 2.05) is 13.8 Å². The zero-order valence-corrected chi connectivity index (χ0v) is 7.82. The molecule has 0 saturated heterocycles. The molecule has 5 heteroatoms. The minimum absolute atomic E-state index is 0.0269. The van der Waals surface area contributed by atoms with Crippen molar-refractivity contribution in [3.63, 3.8) is 0 Å². The van der Waals surface area contributed by atoms with E-state index < -0.39 is 7.52 Å². The molecule has 0 bridgehead atoms. The van der Waals surface area contributed by atoms with E-state index in [1.165, 1.54) is 0 Å². The highest BCUT2D eigenvalue weighted by molar-refractivity contribution is 7.56. The van der Waals surface area contributed by atoms with Gasteiger partial charge in [-0.1, -0.05) is 0 Å². The fraction of sp³-hybridized carbons (Fsp3) is 1.00. The molecule has 10 heavy (non-hydrogen) atoms. The van der Waals surface area contributed by atoms with Gasteiger partial charge in [0.2, 0.25) is 0 Å². The summed E-state index contributed by atoms with van der Waals surface area (Å²) in [5, 5.41) is 2.55.